The lowest BCUT2D eigenvalue weighted by atomic mass is 10.0. The Balaban J connectivity index is 1.85. The van der Waals surface area contributed by atoms with Gasteiger partial charge in [-0.15, -0.1) is 0 Å². The van der Waals surface area contributed by atoms with Crippen molar-refractivity contribution in [3.05, 3.63) is 35.9 Å². The van der Waals surface area contributed by atoms with E-state index in [4.69, 9.17) is 5.73 Å². The third-order valence-electron chi connectivity index (χ3n) is 4.16. The summed E-state index contributed by atoms with van der Waals surface area (Å²) in [6.07, 6.45) is 3.09. The van der Waals surface area contributed by atoms with Gasteiger partial charge in [0.1, 0.15) is 0 Å². The lowest BCUT2D eigenvalue weighted by molar-refractivity contribution is -0.117. The Morgan fingerprint density at radius 3 is 2.64 bits per heavy atom. The highest BCUT2D eigenvalue weighted by Crippen LogP contribution is 2.21. The van der Waals surface area contributed by atoms with Gasteiger partial charge in [0.25, 0.3) is 0 Å². The molecule has 1 aliphatic heterocycles. The Morgan fingerprint density at radius 2 is 1.95 bits per heavy atom. The van der Waals surface area contributed by atoms with E-state index in [0.717, 1.165) is 25.8 Å². The summed E-state index contributed by atoms with van der Waals surface area (Å²) in [5.74, 6) is -0.600. The van der Waals surface area contributed by atoms with E-state index in [1.54, 1.807) is 0 Å². The summed E-state index contributed by atoms with van der Waals surface area (Å²) in [4.78, 5) is 13.0. The number of hydrogen-bond acceptors (Lipinski definition) is 4. The second kappa shape index (κ2) is 7.74. The van der Waals surface area contributed by atoms with E-state index >= 15 is 0 Å². The molecule has 0 aliphatic carbocycles. The van der Waals surface area contributed by atoms with Crippen LogP contribution in [0.5, 0.6) is 0 Å². The van der Waals surface area contributed by atoms with Gasteiger partial charge in [0.2, 0.25) is 5.91 Å². The first kappa shape index (κ1) is 17.0. The monoisotopic (exact) mass is 324 g/mol. The van der Waals surface area contributed by atoms with Crippen LogP contribution in [-0.2, 0) is 21.1 Å². The molecule has 22 heavy (non-hydrogen) atoms. The topological polar surface area (TPSA) is 80.5 Å². The number of hydrogen-bond donors (Lipinski definition) is 1. The number of likely N-dealkylation sites (tertiary alicyclic amines) is 1. The van der Waals surface area contributed by atoms with Gasteiger partial charge in [-0.1, -0.05) is 30.3 Å². The molecular weight excluding hydrogens is 300 g/mol. The lowest BCUT2D eigenvalue weighted by Gasteiger charge is -2.24. The van der Waals surface area contributed by atoms with Crippen LogP contribution in [0.15, 0.2) is 30.3 Å². The summed E-state index contributed by atoms with van der Waals surface area (Å²) >= 11 is 0. The van der Waals surface area contributed by atoms with Crippen LogP contribution >= 0.6 is 0 Å². The molecule has 0 aromatic heterocycles. The van der Waals surface area contributed by atoms with Gasteiger partial charge in [-0.25, -0.2) is 8.42 Å². The van der Waals surface area contributed by atoms with Crippen molar-refractivity contribution >= 4 is 15.7 Å². The summed E-state index contributed by atoms with van der Waals surface area (Å²) in [6.45, 7) is 1.49. The van der Waals surface area contributed by atoms with Crippen molar-refractivity contribution in [2.45, 2.75) is 31.7 Å². The molecule has 122 valence electrons. The largest absolute Gasteiger partial charge is 0.370 e. The number of sulfone groups is 1. The van der Waals surface area contributed by atoms with Gasteiger partial charge in [-0.3, -0.25) is 9.69 Å². The van der Waals surface area contributed by atoms with Crippen molar-refractivity contribution in [3.63, 3.8) is 0 Å². The number of nitrogens with two attached hydrogens (primary N) is 1. The van der Waals surface area contributed by atoms with Gasteiger partial charge < -0.3 is 5.73 Å². The highest BCUT2D eigenvalue weighted by molar-refractivity contribution is 7.91. The van der Waals surface area contributed by atoms with Crippen molar-refractivity contribution in [1.29, 1.82) is 0 Å². The fraction of sp³-hybridized carbons (Fsp3) is 0.562. The van der Waals surface area contributed by atoms with Crippen molar-refractivity contribution in [2.24, 2.45) is 5.73 Å². The maximum absolute atomic E-state index is 11.9. The normalized spacial score (nSPS) is 19.4. The van der Waals surface area contributed by atoms with Crippen LogP contribution in [0.1, 0.15) is 24.8 Å². The molecule has 1 aromatic carbocycles. The van der Waals surface area contributed by atoms with Gasteiger partial charge in [0.15, 0.2) is 9.84 Å². The number of nitrogens with zero attached hydrogens (tertiary/aromatic N) is 1. The zero-order valence-electron chi connectivity index (χ0n) is 12.8. The molecular formula is C16H24N2O3S. The number of rotatable bonds is 8. The van der Waals surface area contributed by atoms with Gasteiger partial charge in [-0.05, 0) is 31.4 Å². The molecule has 2 N–H and O–H groups in total. The molecule has 2 rings (SSSR count). The maximum atomic E-state index is 11.9. The van der Waals surface area contributed by atoms with Crippen LogP contribution in [0.2, 0.25) is 0 Å². The van der Waals surface area contributed by atoms with Crippen molar-refractivity contribution in [3.8, 4) is 0 Å². The molecule has 0 spiro atoms. The van der Waals surface area contributed by atoms with Crippen LogP contribution in [0.25, 0.3) is 0 Å². The maximum Gasteiger partial charge on any atom is 0.218 e. The average Bonchev–Trinajstić information content (AvgIpc) is 2.92. The Hall–Kier alpha value is -1.40. The first-order valence-corrected chi connectivity index (χ1v) is 9.55. The number of amides is 1. The standard InChI is InChI=1S/C16H24N2O3S/c17-16(19)8-11-22(20,21)12-10-18-9-4-7-15(18)13-14-5-2-1-3-6-14/h1-3,5-6,15H,4,7-13H2,(H2,17,19)/t15-/m1/s1. The van der Waals surface area contributed by atoms with E-state index < -0.39 is 15.7 Å². The van der Waals surface area contributed by atoms with Gasteiger partial charge in [-0.2, -0.15) is 0 Å². The lowest BCUT2D eigenvalue weighted by Crippen LogP contribution is -2.35. The smallest absolute Gasteiger partial charge is 0.218 e. The predicted octanol–water partition coefficient (Wildman–Crippen LogP) is 0.984. The van der Waals surface area contributed by atoms with E-state index in [9.17, 15) is 13.2 Å². The molecule has 5 nitrogen and oxygen atoms in total. The average molecular weight is 324 g/mol. The number of carbonyl (C=O) groups is 1. The third kappa shape index (κ3) is 5.42. The van der Waals surface area contributed by atoms with E-state index in [-0.39, 0.29) is 17.9 Å². The SMILES string of the molecule is NC(=O)CCS(=O)(=O)CCN1CCC[C@@H]1Cc1ccccc1. The van der Waals surface area contributed by atoms with Crippen LogP contribution < -0.4 is 5.73 Å². The minimum Gasteiger partial charge on any atom is -0.370 e. The molecule has 0 bridgehead atoms. The number of benzene rings is 1. The van der Waals surface area contributed by atoms with Crippen LogP contribution in [0, 0.1) is 0 Å². The van der Waals surface area contributed by atoms with Gasteiger partial charge in [0, 0.05) is 19.0 Å². The molecule has 6 heteroatoms. The summed E-state index contributed by atoms with van der Waals surface area (Å²) < 4.78 is 23.8. The first-order chi connectivity index (χ1) is 10.5. The quantitative estimate of drug-likeness (QED) is 0.773. The molecule has 1 amide bonds. The second-order valence-electron chi connectivity index (χ2n) is 5.89. The molecule has 1 aromatic rings. The predicted molar refractivity (Wildman–Crippen MR) is 87.2 cm³/mol. The molecule has 1 atom stereocenters. The molecule has 0 saturated carbocycles. The van der Waals surface area contributed by atoms with E-state index in [2.05, 4.69) is 17.0 Å². The zero-order valence-corrected chi connectivity index (χ0v) is 13.6. The molecule has 1 fully saturated rings. The summed E-state index contributed by atoms with van der Waals surface area (Å²) in [5, 5.41) is 0. The molecule has 1 heterocycles. The fourth-order valence-electron chi connectivity index (χ4n) is 2.92. The number of primary amides is 1. The van der Waals surface area contributed by atoms with Gasteiger partial charge in [0.05, 0.1) is 11.5 Å². The van der Waals surface area contributed by atoms with Crippen LogP contribution in [0.4, 0.5) is 0 Å². The Morgan fingerprint density at radius 1 is 1.23 bits per heavy atom. The Kier molecular flexibility index (Phi) is 5.97. The van der Waals surface area contributed by atoms with Crippen molar-refractivity contribution < 1.29 is 13.2 Å². The Bertz CT molecular complexity index is 587. The third-order valence-corrected chi connectivity index (χ3v) is 5.79. The Labute approximate surface area is 132 Å². The zero-order chi connectivity index (χ0) is 16.0. The van der Waals surface area contributed by atoms with Crippen molar-refractivity contribution in [1.82, 2.24) is 4.90 Å². The summed E-state index contributed by atoms with van der Waals surface area (Å²) in [5.41, 5.74) is 6.30. The van der Waals surface area contributed by atoms with E-state index in [1.165, 1.54) is 5.56 Å². The fourth-order valence-corrected chi connectivity index (χ4v) is 4.15. The van der Waals surface area contributed by atoms with E-state index in [1.807, 2.05) is 18.2 Å². The van der Waals surface area contributed by atoms with Gasteiger partial charge >= 0.3 is 0 Å². The van der Waals surface area contributed by atoms with E-state index in [0.29, 0.717) is 12.6 Å². The van der Waals surface area contributed by atoms with Crippen LogP contribution in [-0.4, -0.2) is 49.9 Å². The first-order valence-electron chi connectivity index (χ1n) is 7.73. The second-order valence-corrected chi connectivity index (χ2v) is 8.19. The van der Waals surface area contributed by atoms with Crippen molar-refractivity contribution in [2.75, 3.05) is 24.6 Å². The number of carbonyl (C=O) groups excluding carboxylic acids is 1. The molecule has 0 radical (unpaired) electrons. The highest BCUT2D eigenvalue weighted by atomic mass is 32.2. The molecule has 1 saturated heterocycles. The minimum atomic E-state index is -3.20. The summed E-state index contributed by atoms with van der Waals surface area (Å²) in [6, 6.07) is 10.7. The minimum absolute atomic E-state index is 0.0875. The highest BCUT2D eigenvalue weighted by Gasteiger charge is 2.26. The van der Waals surface area contributed by atoms with Crippen LogP contribution in [0.3, 0.4) is 0 Å². The molecule has 1 aliphatic rings. The molecule has 0 unspecified atom stereocenters. The summed E-state index contributed by atoms with van der Waals surface area (Å²) in [7, 11) is -3.20.